The van der Waals surface area contributed by atoms with E-state index in [1.807, 2.05) is 0 Å². The third kappa shape index (κ3) is 3.30. The Morgan fingerprint density at radius 1 is 1.20 bits per heavy atom. The van der Waals surface area contributed by atoms with Crippen LogP contribution in [0.25, 0.3) is 0 Å². The first kappa shape index (κ1) is 14.4. The molecule has 2 rings (SSSR count). The summed E-state index contributed by atoms with van der Waals surface area (Å²) in [6.45, 7) is 0.211. The van der Waals surface area contributed by atoms with Crippen LogP contribution in [0.15, 0.2) is 40.9 Å². The monoisotopic (exact) mass is 342 g/mol. The molecule has 0 aliphatic rings. The van der Waals surface area contributed by atoms with Crippen molar-refractivity contribution in [2.24, 2.45) is 0 Å². The quantitative estimate of drug-likeness (QED) is 0.667. The zero-order valence-corrected chi connectivity index (χ0v) is 11.7. The number of hydrogen-bond donors (Lipinski definition) is 1. The fourth-order valence-corrected chi connectivity index (χ4v) is 2.08. The molecule has 0 unspecified atom stereocenters. The number of benzene rings is 2. The molecule has 2 aromatic rings. The van der Waals surface area contributed by atoms with Gasteiger partial charge in [0.05, 0.1) is 9.40 Å². The van der Waals surface area contributed by atoms with Crippen LogP contribution in [-0.2, 0) is 6.54 Å². The van der Waals surface area contributed by atoms with E-state index in [0.717, 1.165) is 18.2 Å². The third-order valence-corrected chi connectivity index (χ3v) is 3.23. The molecule has 0 fully saturated rings. The van der Waals surface area contributed by atoms with Gasteiger partial charge in [0.25, 0.3) is 5.69 Å². The lowest BCUT2D eigenvalue weighted by atomic mass is 10.2. The van der Waals surface area contributed by atoms with Gasteiger partial charge < -0.3 is 5.32 Å². The SMILES string of the molecule is O=[N+]([O-])c1ccc(F)cc1NCc1ccc(F)c(Br)c1. The molecule has 0 radical (unpaired) electrons. The van der Waals surface area contributed by atoms with E-state index in [4.69, 9.17) is 0 Å². The van der Waals surface area contributed by atoms with Gasteiger partial charge in [0.15, 0.2) is 0 Å². The van der Waals surface area contributed by atoms with Crippen molar-refractivity contribution in [1.29, 1.82) is 0 Å². The zero-order valence-electron chi connectivity index (χ0n) is 10.1. The average Bonchev–Trinajstić information content (AvgIpc) is 2.40. The number of hydrogen-bond acceptors (Lipinski definition) is 3. The first-order valence-corrected chi connectivity index (χ1v) is 6.38. The molecule has 0 spiro atoms. The normalized spacial score (nSPS) is 10.3. The van der Waals surface area contributed by atoms with Gasteiger partial charge in [0.1, 0.15) is 17.3 Å². The van der Waals surface area contributed by atoms with Crippen molar-refractivity contribution < 1.29 is 13.7 Å². The van der Waals surface area contributed by atoms with E-state index in [2.05, 4.69) is 21.2 Å². The number of nitrogens with one attached hydrogen (secondary N) is 1. The van der Waals surface area contributed by atoms with Gasteiger partial charge in [-0.3, -0.25) is 10.1 Å². The van der Waals surface area contributed by atoms with Crippen LogP contribution in [0.1, 0.15) is 5.56 Å². The minimum atomic E-state index is -0.595. The van der Waals surface area contributed by atoms with Gasteiger partial charge in [-0.05, 0) is 39.7 Å². The molecule has 0 saturated heterocycles. The maximum Gasteiger partial charge on any atom is 0.292 e. The first-order valence-electron chi connectivity index (χ1n) is 5.59. The Bertz CT molecular complexity index is 665. The van der Waals surface area contributed by atoms with E-state index in [-0.39, 0.29) is 17.9 Å². The summed E-state index contributed by atoms with van der Waals surface area (Å²) >= 11 is 3.05. The Morgan fingerprint density at radius 2 is 1.95 bits per heavy atom. The number of halogens is 3. The molecule has 0 aromatic heterocycles. The molecule has 2 aromatic carbocycles. The van der Waals surface area contributed by atoms with Gasteiger partial charge in [-0.25, -0.2) is 8.78 Å². The molecule has 7 heteroatoms. The summed E-state index contributed by atoms with van der Waals surface area (Å²) in [6, 6.07) is 7.54. The third-order valence-electron chi connectivity index (χ3n) is 2.62. The summed E-state index contributed by atoms with van der Waals surface area (Å²) in [7, 11) is 0. The highest BCUT2D eigenvalue weighted by molar-refractivity contribution is 9.10. The minimum Gasteiger partial charge on any atom is -0.375 e. The van der Waals surface area contributed by atoms with Gasteiger partial charge in [-0.2, -0.15) is 0 Å². The van der Waals surface area contributed by atoms with Crippen LogP contribution in [0.3, 0.4) is 0 Å². The van der Waals surface area contributed by atoms with E-state index >= 15 is 0 Å². The number of nitro benzene ring substituents is 1. The second-order valence-electron chi connectivity index (χ2n) is 4.02. The van der Waals surface area contributed by atoms with Gasteiger partial charge >= 0.3 is 0 Å². The summed E-state index contributed by atoms with van der Waals surface area (Å²) in [5.74, 6) is -0.969. The van der Waals surface area contributed by atoms with Crippen molar-refractivity contribution in [2.45, 2.75) is 6.54 Å². The van der Waals surface area contributed by atoms with Gasteiger partial charge in [-0.15, -0.1) is 0 Å². The van der Waals surface area contributed by atoms with Crippen molar-refractivity contribution in [3.63, 3.8) is 0 Å². The van der Waals surface area contributed by atoms with Crippen LogP contribution < -0.4 is 5.32 Å². The summed E-state index contributed by atoms with van der Waals surface area (Å²) in [4.78, 5) is 10.2. The van der Waals surface area contributed by atoms with Crippen molar-refractivity contribution in [2.75, 3.05) is 5.32 Å². The summed E-state index contributed by atoms with van der Waals surface area (Å²) in [6.07, 6.45) is 0. The van der Waals surface area contributed by atoms with Crippen LogP contribution >= 0.6 is 15.9 Å². The zero-order chi connectivity index (χ0) is 14.7. The van der Waals surface area contributed by atoms with E-state index in [1.165, 1.54) is 12.1 Å². The maximum atomic E-state index is 13.1. The number of nitrogens with zero attached hydrogens (tertiary/aromatic N) is 1. The Kier molecular flexibility index (Phi) is 4.29. The lowest BCUT2D eigenvalue weighted by Crippen LogP contribution is -2.03. The minimum absolute atomic E-state index is 0.0791. The second kappa shape index (κ2) is 5.96. The Morgan fingerprint density at radius 3 is 2.60 bits per heavy atom. The Labute approximate surface area is 121 Å². The molecule has 0 heterocycles. The van der Waals surface area contributed by atoms with Crippen LogP contribution in [0.2, 0.25) is 0 Å². The molecule has 0 amide bonds. The van der Waals surface area contributed by atoms with Crippen molar-refractivity contribution in [3.8, 4) is 0 Å². The van der Waals surface area contributed by atoms with Crippen LogP contribution in [0, 0.1) is 21.7 Å². The summed E-state index contributed by atoms with van der Waals surface area (Å²) in [5.41, 5.74) is 0.569. The van der Waals surface area contributed by atoms with Crippen LogP contribution in [0.4, 0.5) is 20.2 Å². The Balaban J connectivity index is 2.20. The van der Waals surface area contributed by atoms with E-state index in [0.29, 0.717) is 10.0 Å². The smallest absolute Gasteiger partial charge is 0.292 e. The first-order chi connectivity index (χ1) is 9.47. The number of nitro groups is 1. The highest BCUT2D eigenvalue weighted by Gasteiger charge is 2.14. The molecule has 0 aliphatic heterocycles. The van der Waals surface area contributed by atoms with Gasteiger partial charge in [0.2, 0.25) is 0 Å². The van der Waals surface area contributed by atoms with Crippen molar-refractivity contribution in [1.82, 2.24) is 0 Å². The molecule has 1 N–H and O–H groups in total. The fourth-order valence-electron chi connectivity index (χ4n) is 1.66. The lowest BCUT2D eigenvalue weighted by Gasteiger charge is -2.08. The molecule has 0 atom stereocenters. The highest BCUT2D eigenvalue weighted by Crippen LogP contribution is 2.26. The van der Waals surface area contributed by atoms with Gasteiger partial charge in [0, 0.05) is 18.7 Å². The number of rotatable bonds is 4. The molecule has 4 nitrogen and oxygen atoms in total. The molecular weight excluding hydrogens is 334 g/mol. The molecule has 104 valence electrons. The van der Waals surface area contributed by atoms with Gasteiger partial charge in [-0.1, -0.05) is 6.07 Å². The molecule has 0 bridgehead atoms. The van der Waals surface area contributed by atoms with Crippen molar-refractivity contribution >= 4 is 27.3 Å². The van der Waals surface area contributed by atoms with E-state index < -0.39 is 16.6 Å². The summed E-state index contributed by atoms with van der Waals surface area (Å²) in [5, 5.41) is 13.6. The lowest BCUT2D eigenvalue weighted by molar-refractivity contribution is -0.384. The Hall–Kier alpha value is -2.02. The topological polar surface area (TPSA) is 55.2 Å². The fraction of sp³-hybridized carbons (Fsp3) is 0.0769. The van der Waals surface area contributed by atoms with Crippen LogP contribution in [0.5, 0.6) is 0 Å². The van der Waals surface area contributed by atoms with E-state index in [1.54, 1.807) is 6.07 Å². The highest BCUT2D eigenvalue weighted by atomic mass is 79.9. The standard InChI is InChI=1S/C13H9BrF2N2O2/c14-10-5-8(1-3-11(10)16)7-17-12-6-9(15)2-4-13(12)18(19)20/h1-6,17H,7H2. The molecular formula is C13H9BrF2N2O2. The average molecular weight is 343 g/mol. The predicted octanol–water partition coefficient (Wildman–Crippen LogP) is 4.25. The van der Waals surface area contributed by atoms with Crippen molar-refractivity contribution in [3.05, 3.63) is 68.2 Å². The molecule has 0 aliphatic carbocycles. The van der Waals surface area contributed by atoms with Crippen LogP contribution in [-0.4, -0.2) is 4.92 Å². The molecule has 0 saturated carbocycles. The molecule has 20 heavy (non-hydrogen) atoms. The van der Waals surface area contributed by atoms with E-state index in [9.17, 15) is 18.9 Å². The largest absolute Gasteiger partial charge is 0.375 e. The second-order valence-corrected chi connectivity index (χ2v) is 4.87. The maximum absolute atomic E-state index is 13.1. The summed E-state index contributed by atoms with van der Waals surface area (Å²) < 4.78 is 26.5. The number of anilines is 1. The predicted molar refractivity (Wildman–Crippen MR) is 74.5 cm³/mol.